The summed E-state index contributed by atoms with van der Waals surface area (Å²) in [6, 6.07) is 0. The fourth-order valence-electron chi connectivity index (χ4n) is 8.02. The third-order valence-corrected chi connectivity index (χ3v) is 12.4. The quantitative estimate of drug-likeness (QED) is 0.0197. The molecular formula is C49H94O12S. The first-order valence-electron chi connectivity index (χ1n) is 25.4. The van der Waals surface area contributed by atoms with Crippen LogP contribution in [0, 0.1) is 0 Å². The van der Waals surface area contributed by atoms with Crippen molar-refractivity contribution < 1.29 is 56.2 Å². The van der Waals surface area contributed by atoms with E-state index in [2.05, 4.69) is 30.2 Å². The van der Waals surface area contributed by atoms with Gasteiger partial charge in [0.15, 0.2) is 6.29 Å². The van der Waals surface area contributed by atoms with E-state index in [9.17, 15) is 33.1 Å². The minimum atomic E-state index is -5.06. The minimum Gasteiger partial charge on any atom is -0.457 e. The van der Waals surface area contributed by atoms with E-state index in [4.69, 9.17) is 18.9 Å². The van der Waals surface area contributed by atoms with Crippen molar-refractivity contribution in [1.29, 1.82) is 0 Å². The summed E-state index contributed by atoms with van der Waals surface area (Å²) >= 11 is 0. The maximum Gasteiger partial charge on any atom is 0.397 e. The summed E-state index contributed by atoms with van der Waals surface area (Å²) in [6.07, 6.45) is 36.7. The van der Waals surface area contributed by atoms with Gasteiger partial charge in [-0.1, -0.05) is 199 Å². The van der Waals surface area contributed by atoms with Crippen LogP contribution in [0.25, 0.3) is 0 Å². The molecule has 0 aromatic rings. The number of allylic oxidation sites excluding steroid dienone is 2. The minimum absolute atomic E-state index is 0.0376. The second-order valence-corrected chi connectivity index (χ2v) is 18.8. The van der Waals surface area contributed by atoms with E-state index in [1.54, 1.807) is 0 Å². The molecule has 1 aliphatic rings. The zero-order chi connectivity index (χ0) is 45.4. The van der Waals surface area contributed by atoms with Gasteiger partial charge in [-0.3, -0.25) is 9.35 Å². The monoisotopic (exact) mass is 907 g/mol. The molecule has 368 valence electrons. The van der Waals surface area contributed by atoms with Gasteiger partial charge in [0.05, 0.1) is 19.8 Å². The first kappa shape index (κ1) is 58.9. The van der Waals surface area contributed by atoms with Crippen molar-refractivity contribution in [2.75, 3.05) is 26.4 Å². The molecule has 13 heteroatoms. The number of carbonyl (C=O) groups excluding carboxylic acids is 1. The van der Waals surface area contributed by atoms with Crippen LogP contribution in [-0.4, -0.2) is 97.5 Å². The Morgan fingerprint density at radius 1 is 0.597 bits per heavy atom. The molecular weight excluding hydrogens is 813 g/mol. The van der Waals surface area contributed by atoms with Crippen LogP contribution in [0.2, 0.25) is 0 Å². The van der Waals surface area contributed by atoms with E-state index >= 15 is 0 Å². The number of carbonyl (C=O) groups is 1. The number of aliphatic hydroxyl groups excluding tert-OH is 3. The highest BCUT2D eigenvalue weighted by Crippen LogP contribution is 2.26. The molecule has 0 radical (unpaired) electrons. The van der Waals surface area contributed by atoms with Crippen LogP contribution in [0.5, 0.6) is 0 Å². The summed E-state index contributed by atoms with van der Waals surface area (Å²) in [5, 5.41) is 30.7. The molecule has 4 N–H and O–H groups in total. The van der Waals surface area contributed by atoms with Crippen molar-refractivity contribution in [2.24, 2.45) is 0 Å². The molecule has 0 aromatic heterocycles. The highest BCUT2D eigenvalue weighted by atomic mass is 32.3. The van der Waals surface area contributed by atoms with Gasteiger partial charge in [0.2, 0.25) is 0 Å². The van der Waals surface area contributed by atoms with Crippen molar-refractivity contribution in [3.63, 3.8) is 0 Å². The molecule has 12 nitrogen and oxygen atoms in total. The van der Waals surface area contributed by atoms with Gasteiger partial charge in [0.1, 0.15) is 30.5 Å². The lowest BCUT2D eigenvalue weighted by atomic mass is 9.99. The zero-order valence-electron chi connectivity index (χ0n) is 39.5. The van der Waals surface area contributed by atoms with Crippen LogP contribution >= 0.6 is 0 Å². The summed E-state index contributed by atoms with van der Waals surface area (Å²) in [5.74, 6) is -0.396. The normalized spacial score (nSPS) is 20.0. The fourth-order valence-corrected chi connectivity index (χ4v) is 8.53. The predicted molar refractivity (Wildman–Crippen MR) is 248 cm³/mol. The number of hydrogen-bond acceptors (Lipinski definition) is 11. The molecule has 0 saturated carbocycles. The topological polar surface area (TPSA) is 178 Å². The standard InChI is InChI=1S/C49H94O12S/c1-3-5-7-9-11-13-15-17-19-21-22-24-26-28-30-32-34-36-38-45(51)59-43(42-58-49-47(53)48(61-62(54,55)56)46(52)44(40-50)60-49)41-57-39-37-35-33-31-29-27-25-23-20-18-16-14-12-10-8-6-4-2/h20,23,43-44,46-50,52-53H,3-19,21-22,24-42H2,1-2H3,(H,54,55,56)/b23-20-. The molecule has 1 aliphatic heterocycles. The molecule has 0 spiro atoms. The summed E-state index contributed by atoms with van der Waals surface area (Å²) < 4.78 is 59.2. The molecule has 6 unspecified atom stereocenters. The predicted octanol–water partition coefficient (Wildman–Crippen LogP) is 11.4. The maximum absolute atomic E-state index is 12.9. The Kier molecular flexibility index (Phi) is 39.2. The number of ether oxygens (including phenoxy) is 4. The molecule has 0 amide bonds. The summed E-state index contributed by atoms with van der Waals surface area (Å²) in [6.45, 7) is 4.02. The summed E-state index contributed by atoms with van der Waals surface area (Å²) in [4.78, 5) is 12.9. The Morgan fingerprint density at radius 3 is 1.45 bits per heavy atom. The number of rotatable bonds is 45. The lowest BCUT2D eigenvalue weighted by Crippen LogP contribution is -2.60. The van der Waals surface area contributed by atoms with Crippen LogP contribution in [0.4, 0.5) is 0 Å². The number of esters is 1. The van der Waals surface area contributed by atoms with Gasteiger partial charge in [0, 0.05) is 13.0 Å². The second-order valence-electron chi connectivity index (χ2n) is 17.8. The Hall–Kier alpha value is -1.16. The zero-order valence-corrected chi connectivity index (χ0v) is 40.3. The van der Waals surface area contributed by atoms with E-state index < -0.39 is 59.8 Å². The smallest absolute Gasteiger partial charge is 0.397 e. The Morgan fingerprint density at radius 2 is 1.02 bits per heavy atom. The second kappa shape index (κ2) is 41.3. The Bertz CT molecular complexity index is 1140. The fraction of sp³-hybridized carbons (Fsp3) is 0.939. The molecule has 0 aromatic carbocycles. The molecule has 0 aliphatic carbocycles. The van der Waals surface area contributed by atoms with Crippen molar-refractivity contribution >= 4 is 16.4 Å². The third-order valence-electron chi connectivity index (χ3n) is 11.9. The number of unbranched alkanes of at least 4 members (excludes halogenated alkanes) is 30. The first-order chi connectivity index (χ1) is 30.1. The Balaban J connectivity index is 2.36. The lowest BCUT2D eigenvalue weighted by molar-refractivity contribution is -0.301. The molecule has 1 saturated heterocycles. The molecule has 0 bridgehead atoms. The largest absolute Gasteiger partial charge is 0.457 e. The molecule has 1 rings (SSSR count). The highest BCUT2D eigenvalue weighted by Gasteiger charge is 2.48. The average molecular weight is 907 g/mol. The Labute approximate surface area is 379 Å². The first-order valence-corrected chi connectivity index (χ1v) is 26.8. The lowest BCUT2D eigenvalue weighted by Gasteiger charge is -2.41. The van der Waals surface area contributed by atoms with Crippen LogP contribution in [0.1, 0.15) is 232 Å². The van der Waals surface area contributed by atoms with Crippen LogP contribution in [0.15, 0.2) is 12.2 Å². The van der Waals surface area contributed by atoms with Gasteiger partial charge in [0.25, 0.3) is 0 Å². The van der Waals surface area contributed by atoms with Crippen molar-refractivity contribution in [3.05, 3.63) is 12.2 Å². The summed E-state index contributed by atoms with van der Waals surface area (Å²) in [5.41, 5.74) is 0. The number of aliphatic hydroxyl groups is 3. The number of hydrogen-bond donors (Lipinski definition) is 4. The van der Waals surface area contributed by atoms with Crippen LogP contribution < -0.4 is 0 Å². The van der Waals surface area contributed by atoms with Gasteiger partial charge in [-0.25, -0.2) is 4.18 Å². The molecule has 62 heavy (non-hydrogen) atoms. The molecule has 1 heterocycles. The van der Waals surface area contributed by atoms with Crippen LogP contribution in [0.3, 0.4) is 0 Å². The van der Waals surface area contributed by atoms with Crippen LogP contribution in [-0.2, 0) is 38.3 Å². The summed E-state index contributed by atoms with van der Waals surface area (Å²) in [7, 11) is -5.06. The highest BCUT2D eigenvalue weighted by molar-refractivity contribution is 7.80. The third kappa shape index (κ3) is 34.2. The van der Waals surface area contributed by atoms with E-state index in [1.165, 1.54) is 161 Å². The maximum atomic E-state index is 12.9. The molecule has 6 atom stereocenters. The van der Waals surface area contributed by atoms with E-state index in [0.29, 0.717) is 13.0 Å². The van der Waals surface area contributed by atoms with Crippen molar-refractivity contribution in [2.45, 2.75) is 269 Å². The SMILES string of the molecule is CCCCCCCCC/C=C\CCCCCCCCOCC(COC1OC(CO)C(O)C(OS(=O)(=O)O)C1O)OC(=O)CCCCCCCCCCCCCCCCCCCC. The molecule has 1 fully saturated rings. The van der Waals surface area contributed by atoms with Gasteiger partial charge in [-0.15, -0.1) is 0 Å². The van der Waals surface area contributed by atoms with Crippen molar-refractivity contribution in [3.8, 4) is 0 Å². The van der Waals surface area contributed by atoms with Gasteiger partial charge >= 0.3 is 16.4 Å². The van der Waals surface area contributed by atoms with Gasteiger partial charge in [-0.05, 0) is 38.5 Å². The van der Waals surface area contributed by atoms with Crippen molar-refractivity contribution in [1.82, 2.24) is 0 Å². The van der Waals surface area contributed by atoms with E-state index in [0.717, 1.165) is 44.9 Å². The van der Waals surface area contributed by atoms with Gasteiger partial charge in [-0.2, -0.15) is 8.42 Å². The van der Waals surface area contributed by atoms with E-state index in [1.807, 2.05) is 0 Å². The average Bonchev–Trinajstić information content (AvgIpc) is 3.24. The van der Waals surface area contributed by atoms with E-state index in [-0.39, 0.29) is 19.6 Å². The van der Waals surface area contributed by atoms with Gasteiger partial charge < -0.3 is 34.3 Å².